The van der Waals surface area contributed by atoms with Gasteiger partial charge in [-0.25, -0.2) is 4.98 Å². The minimum atomic E-state index is -0.440. The maximum atomic E-state index is 11.1. The Hall–Kier alpha value is -2.82. The SMILES string of the molecule is CCc1ccc(OC)cc1.Cc1cc(C)n2ccc(C(N)=O)c2n1. The topological polar surface area (TPSA) is 69.6 Å². The molecule has 2 aromatic heterocycles. The van der Waals surface area contributed by atoms with E-state index in [1.165, 1.54) is 5.56 Å². The van der Waals surface area contributed by atoms with Crippen molar-refractivity contribution in [3.05, 3.63) is 65.1 Å². The lowest BCUT2D eigenvalue weighted by molar-refractivity contribution is 0.100. The number of ether oxygens (including phenoxy) is 1. The van der Waals surface area contributed by atoms with Crippen LogP contribution in [0.2, 0.25) is 0 Å². The predicted octanol–water partition coefficient (Wildman–Crippen LogP) is 3.31. The molecule has 0 radical (unpaired) electrons. The second kappa shape index (κ2) is 7.64. The lowest BCUT2D eigenvalue weighted by Crippen LogP contribution is -2.11. The van der Waals surface area contributed by atoms with Gasteiger partial charge in [-0.1, -0.05) is 19.1 Å². The number of hydrogen-bond donors (Lipinski definition) is 1. The van der Waals surface area contributed by atoms with E-state index in [9.17, 15) is 4.79 Å². The van der Waals surface area contributed by atoms with Gasteiger partial charge >= 0.3 is 0 Å². The maximum Gasteiger partial charge on any atom is 0.252 e. The van der Waals surface area contributed by atoms with E-state index in [-0.39, 0.29) is 0 Å². The summed E-state index contributed by atoms with van der Waals surface area (Å²) < 4.78 is 6.87. The molecule has 3 aromatic rings. The molecule has 2 N–H and O–H groups in total. The second-order valence-corrected chi connectivity index (χ2v) is 5.53. The molecule has 0 atom stereocenters. The van der Waals surface area contributed by atoms with Crippen molar-refractivity contribution in [1.29, 1.82) is 0 Å². The highest BCUT2D eigenvalue weighted by molar-refractivity contribution is 5.99. The minimum Gasteiger partial charge on any atom is -0.497 e. The summed E-state index contributed by atoms with van der Waals surface area (Å²) in [6.07, 6.45) is 2.89. The van der Waals surface area contributed by atoms with E-state index in [0.29, 0.717) is 11.2 Å². The molecule has 0 aliphatic heterocycles. The molecule has 0 bridgehead atoms. The Labute approximate surface area is 142 Å². The molecule has 0 aliphatic rings. The van der Waals surface area contributed by atoms with E-state index < -0.39 is 5.91 Å². The van der Waals surface area contributed by atoms with Crippen LogP contribution >= 0.6 is 0 Å². The number of aryl methyl sites for hydroxylation is 3. The van der Waals surface area contributed by atoms with Crippen molar-refractivity contribution in [2.24, 2.45) is 5.73 Å². The standard InChI is InChI=1S/C10H11N3O.C9H12O/c1-6-5-7(2)13-4-3-8(9(11)14)10(13)12-6;1-3-8-4-6-9(10-2)7-5-8/h3-5H,1-2H3,(H2,11,14);4-7H,3H2,1-2H3. The molecule has 5 nitrogen and oxygen atoms in total. The highest BCUT2D eigenvalue weighted by atomic mass is 16.5. The average Bonchev–Trinajstić information content (AvgIpc) is 3.00. The monoisotopic (exact) mass is 325 g/mol. The highest BCUT2D eigenvalue weighted by Gasteiger charge is 2.10. The first-order valence-electron chi connectivity index (χ1n) is 7.84. The molecule has 1 amide bonds. The van der Waals surface area contributed by atoms with Crippen LogP contribution in [0.1, 0.15) is 34.2 Å². The van der Waals surface area contributed by atoms with Gasteiger partial charge in [-0.2, -0.15) is 0 Å². The van der Waals surface area contributed by atoms with E-state index in [2.05, 4.69) is 24.0 Å². The van der Waals surface area contributed by atoms with Gasteiger partial charge in [0, 0.05) is 17.6 Å². The first-order valence-corrected chi connectivity index (χ1v) is 7.84. The number of nitrogens with two attached hydrogens (primary N) is 1. The van der Waals surface area contributed by atoms with Gasteiger partial charge in [-0.3, -0.25) is 4.79 Å². The fourth-order valence-corrected chi connectivity index (χ4v) is 2.45. The molecule has 0 aliphatic carbocycles. The quantitative estimate of drug-likeness (QED) is 0.803. The molecule has 0 saturated heterocycles. The number of amides is 1. The first-order chi connectivity index (χ1) is 11.5. The number of aromatic nitrogens is 2. The zero-order valence-corrected chi connectivity index (χ0v) is 14.5. The number of primary amides is 1. The van der Waals surface area contributed by atoms with Crippen molar-refractivity contribution in [2.75, 3.05) is 7.11 Å². The summed E-state index contributed by atoms with van der Waals surface area (Å²) in [6.45, 7) is 6.00. The van der Waals surface area contributed by atoms with Gasteiger partial charge in [-0.05, 0) is 50.1 Å². The minimum absolute atomic E-state index is 0.440. The zero-order chi connectivity index (χ0) is 17.7. The number of methoxy groups -OCH3 is 1. The van der Waals surface area contributed by atoms with E-state index in [0.717, 1.165) is 23.6 Å². The number of rotatable bonds is 3. The van der Waals surface area contributed by atoms with Crippen molar-refractivity contribution >= 4 is 11.6 Å². The fourth-order valence-electron chi connectivity index (χ4n) is 2.45. The van der Waals surface area contributed by atoms with Crippen molar-refractivity contribution in [1.82, 2.24) is 9.38 Å². The lowest BCUT2D eigenvalue weighted by atomic mass is 10.2. The maximum absolute atomic E-state index is 11.1. The molecule has 0 saturated carbocycles. The van der Waals surface area contributed by atoms with E-state index >= 15 is 0 Å². The smallest absolute Gasteiger partial charge is 0.252 e. The van der Waals surface area contributed by atoms with Crippen molar-refractivity contribution < 1.29 is 9.53 Å². The zero-order valence-electron chi connectivity index (χ0n) is 14.5. The summed E-state index contributed by atoms with van der Waals surface area (Å²) in [5.74, 6) is 0.488. The van der Waals surface area contributed by atoms with Gasteiger partial charge < -0.3 is 14.9 Å². The summed E-state index contributed by atoms with van der Waals surface area (Å²) in [6, 6.07) is 11.8. The third-order valence-corrected chi connectivity index (χ3v) is 3.77. The molecular formula is C19H23N3O2. The molecule has 0 unspecified atom stereocenters. The van der Waals surface area contributed by atoms with Gasteiger partial charge in [0.2, 0.25) is 0 Å². The molecule has 24 heavy (non-hydrogen) atoms. The van der Waals surface area contributed by atoms with Crippen LogP contribution in [0.4, 0.5) is 0 Å². The van der Waals surface area contributed by atoms with Crippen LogP contribution in [0, 0.1) is 13.8 Å². The van der Waals surface area contributed by atoms with Crippen molar-refractivity contribution in [2.45, 2.75) is 27.2 Å². The summed E-state index contributed by atoms with van der Waals surface area (Å²) in [5.41, 5.74) is 9.61. The van der Waals surface area contributed by atoms with Gasteiger partial charge in [0.25, 0.3) is 5.91 Å². The fraction of sp³-hybridized carbons (Fsp3) is 0.263. The Morgan fingerprint density at radius 3 is 2.42 bits per heavy atom. The van der Waals surface area contributed by atoms with Gasteiger partial charge in [0.15, 0.2) is 0 Å². The lowest BCUT2D eigenvalue weighted by Gasteiger charge is -2.02. The van der Waals surface area contributed by atoms with E-state index in [4.69, 9.17) is 10.5 Å². The van der Waals surface area contributed by atoms with Crippen LogP contribution in [0.3, 0.4) is 0 Å². The number of benzene rings is 1. The Kier molecular flexibility index (Phi) is 5.58. The Morgan fingerprint density at radius 1 is 1.21 bits per heavy atom. The van der Waals surface area contributed by atoms with Crippen LogP contribution in [-0.2, 0) is 6.42 Å². The third-order valence-electron chi connectivity index (χ3n) is 3.77. The molecule has 5 heteroatoms. The van der Waals surface area contributed by atoms with Crippen LogP contribution in [0.5, 0.6) is 5.75 Å². The van der Waals surface area contributed by atoms with Gasteiger partial charge in [-0.15, -0.1) is 0 Å². The molecule has 2 heterocycles. The molecule has 1 aromatic carbocycles. The predicted molar refractivity (Wildman–Crippen MR) is 95.6 cm³/mol. The Bertz CT molecular complexity index is 813. The van der Waals surface area contributed by atoms with Crippen LogP contribution in [0.15, 0.2) is 42.6 Å². The Balaban J connectivity index is 0.000000185. The summed E-state index contributed by atoms with van der Waals surface area (Å²) in [7, 11) is 1.68. The Morgan fingerprint density at radius 2 is 1.88 bits per heavy atom. The molecular weight excluding hydrogens is 302 g/mol. The summed E-state index contributed by atoms with van der Waals surface area (Å²) in [4.78, 5) is 15.3. The molecule has 0 fully saturated rings. The largest absolute Gasteiger partial charge is 0.497 e. The molecule has 0 spiro atoms. The summed E-state index contributed by atoms with van der Waals surface area (Å²) in [5, 5.41) is 0. The first kappa shape index (κ1) is 17.5. The van der Waals surface area contributed by atoms with Gasteiger partial charge in [0.05, 0.1) is 12.7 Å². The van der Waals surface area contributed by atoms with E-state index in [1.807, 2.05) is 36.4 Å². The number of nitrogens with zero attached hydrogens (tertiary/aromatic N) is 2. The number of carbonyl (C=O) groups is 1. The summed E-state index contributed by atoms with van der Waals surface area (Å²) >= 11 is 0. The average molecular weight is 325 g/mol. The number of hydrogen-bond acceptors (Lipinski definition) is 3. The van der Waals surface area contributed by atoms with Crippen LogP contribution < -0.4 is 10.5 Å². The number of fused-ring (bicyclic) bond motifs is 1. The normalized spacial score (nSPS) is 10.2. The van der Waals surface area contributed by atoms with Crippen LogP contribution in [-0.4, -0.2) is 22.4 Å². The van der Waals surface area contributed by atoms with Crippen LogP contribution in [0.25, 0.3) is 5.65 Å². The van der Waals surface area contributed by atoms with Gasteiger partial charge in [0.1, 0.15) is 11.4 Å². The molecule has 3 rings (SSSR count). The van der Waals surface area contributed by atoms with E-state index in [1.54, 1.807) is 19.4 Å². The third kappa shape index (κ3) is 3.93. The van der Waals surface area contributed by atoms with Crippen molar-refractivity contribution in [3.63, 3.8) is 0 Å². The highest BCUT2D eigenvalue weighted by Crippen LogP contribution is 2.13. The molecule has 126 valence electrons. The second-order valence-electron chi connectivity index (χ2n) is 5.53. The van der Waals surface area contributed by atoms with Crippen molar-refractivity contribution in [3.8, 4) is 5.75 Å². The number of carbonyl (C=O) groups excluding carboxylic acids is 1.